The zero-order valence-electron chi connectivity index (χ0n) is 21.6. The summed E-state index contributed by atoms with van der Waals surface area (Å²) >= 11 is 0. The van der Waals surface area contributed by atoms with Gasteiger partial charge < -0.3 is 29.0 Å². The van der Waals surface area contributed by atoms with Crippen molar-refractivity contribution >= 4 is 11.9 Å². The van der Waals surface area contributed by atoms with Crippen LogP contribution in [-0.2, 0) is 17.8 Å². The van der Waals surface area contributed by atoms with Gasteiger partial charge in [-0.25, -0.2) is 4.79 Å². The number of carbonyl (C=O) groups is 2. The van der Waals surface area contributed by atoms with E-state index in [0.29, 0.717) is 41.7 Å². The van der Waals surface area contributed by atoms with Crippen LogP contribution in [0.5, 0.6) is 23.0 Å². The van der Waals surface area contributed by atoms with Gasteiger partial charge in [-0.3, -0.25) is 4.79 Å². The third kappa shape index (κ3) is 7.64. The second-order valence-corrected chi connectivity index (χ2v) is 8.72. The predicted octanol–water partition coefficient (Wildman–Crippen LogP) is 4.70. The molecule has 196 valence electrons. The van der Waals surface area contributed by atoms with E-state index in [-0.39, 0.29) is 11.8 Å². The number of amides is 1. The minimum atomic E-state index is -1.04. The first-order chi connectivity index (χ1) is 17.8. The summed E-state index contributed by atoms with van der Waals surface area (Å²) in [6.07, 6.45) is 0.821. The van der Waals surface area contributed by atoms with E-state index in [1.165, 1.54) is 26.9 Å². The van der Waals surface area contributed by atoms with Crippen LogP contribution in [0.25, 0.3) is 0 Å². The fraction of sp³-hybridized carbons (Fsp3) is 0.310. The lowest BCUT2D eigenvalue weighted by Gasteiger charge is -2.27. The molecule has 0 bridgehead atoms. The Kier molecular flexibility index (Phi) is 9.77. The van der Waals surface area contributed by atoms with Crippen LogP contribution in [0.1, 0.15) is 28.4 Å². The minimum Gasteiger partial charge on any atom is -0.493 e. The molecule has 1 N–H and O–H groups in total. The summed E-state index contributed by atoms with van der Waals surface area (Å²) in [4.78, 5) is 26.4. The van der Waals surface area contributed by atoms with Crippen molar-refractivity contribution in [3.05, 3.63) is 83.4 Å². The topological polar surface area (TPSA) is 94.5 Å². The molecule has 1 atom stereocenters. The summed E-state index contributed by atoms with van der Waals surface area (Å²) in [5, 5.41) is 8.82. The van der Waals surface area contributed by atoms with Gasteiger partial charge in [0.05, 0.1) is 21.3 Å². The van der Waals surface area contributed by atoms with Crippen LogP contribution in [0, 0.1) is 5.92 Å². The molecule has 37 heavy (non-hydrogen) atoms. The van der Waals surface area contributed by atoms with Gasteiger partial charge in [0, 0.05) is 18.7 Å². The summed E-state index contributed by atoms with van der Waals surface area (Å²) in [6, 6.07) is 20.5. The highest BCUT2D eigenvalue weighted by atomic mass is 16.5. The number of hydrogen-bond donors (Lipinski definition) is 1. The van der Waals surface area contributed by atoms with Crippen molar-refractivity contribution in [2.24, 2.45) is 5.92 Å². The fourth-order valence-corrected chi connectivity index (χ4v) is 4.12. The number of methoxy groups -OCH3 is 3. The van der Waals surface area contributed by atoms with E-state index in [9.17, 15) is 9.59 Å². The molecule has 3 aromatic carbocycles. The molecule has 0 aromatic heterocycles. The van der Waals surface area contributed by atoms with E-state index in [1.807, 2.05) is 30.3 Å². The molecule has 0 saturated heterocycles. The number of hydrogen-bond acceptors (Lipinski definition) is 6. The summed E-state index contributed by atoms with van der Waals surface area (Å²) in [5.41, 5.74) is 2.51. The van der Waals surface area contributed by atoms with Gasteiger partial charge in [0.15, 0.2) is 18.1 Å². The Balaban J connectivity index is 1.87. The van der Waals surface area contributed by atoms with Crippen molar-refractivity contribution < 1.29 is 33.6 Å². The van der Waals surface area contributed by atoms with E-state index in [0.717, 1.165) is 12.0 Å². The Morgan fingerprint density at radius 3 is 2.03 bits per heavy atom. The van der Waals surface area contributed by atoms with Crippen molar-refractivity contribution in [2.45, 2.75) is 19.9 Å². The number of benzene rings is 3. The molecule has 0 spiro atoms. The summed E-state index contributed by atoms with van der Waals surface area (Å²) in [7, 11) is 4.54. The highest BCUT2D eigenvalue weighted by Gasteiger charge is 2.23. The number of ether oxygens (including phenoxy) is 4. The lowest BCUT2D eigenvalue weighted by Crippen LogP contribution is -2.35. The van der Waals surface area contributed by atoms with Crippen molar-refractivity contribution in [3.8, 4) is 23.0 Å². The monoisotopic (exact) mass is 507 g/mol. The fourth-order valence-electron chi connectivity index (χ4n) is 4.12. The Bertz CT molecular complexity index is 1150. The molecule has 0 aliphatic rings. The van der Waals surface area contributed by atoms with Gasteiger partial charge in [-0.2, -0.15) is 0 Å². The van der Waals surface area contributed by atoms with Gasteiger partial charge in [-0.1, -0.05) is 49.4 Å². The van der Waals surface area contributed by atoms with Gasteiger partial charge in [0.2, 0.25) is 5.75 Å². The smallest absolute Gasteiger partial charge is 0.341 e. The number of rotatable bonds is 13. The Hall–Kier alpha value is -4.20. The van der Waals surface area contributed by atoms with Crippen LogP contribution < -0.4 is 18.9 Å². The van der Waals surface area contributed by atoms with Crippen molar-refractivity contribution in [1.29, 1.82) is 0 Å². The maximum atomic E-state index is 13.8. The summed E-state index contributed by atoms with van der Waals surface area (Å²) < 4.78 is 21.5. The Labute approximate surface area is 217 Å². The molecule has 0 radical (unpaired) electrons. The first kappa shape index (κ1) is 27.4. The van der Waals surface area contributed by atoms with Crippen molar-refractivity contribution in [3.63, 3.8) is 0 Å². The zero-order valence-corrected chi connectivity index (χ0v) is 21.6. The molecule has 1 amide bonds. The second-order valence-electron chi connectivity index (χ2n) is 8.72. The molecule has 8 heteroatoms. The summed E-state index contributed by atoms with van der Waals surface area (Å²) in [5.74, 6) is 0.647. The van der Waals surface area contributed by atoms with E-state index >= 15 is 0 Å². The molecule has 0 fully saturated rings. The first-order valence-corrected chi connectivity index (χ1v) is 11.9. The van der Waals surface area contributed by atoms with E-state index in [4.69, 9.17) is 24.1 Å². The molecule has 1 unspecified atom stereocenters. The third-order valence-electron chi connectivity index (χ3n) is 5.82. The first-order valence-electron chi connectivity index (χ1n) is 11.9. The predicted molar refractivity (Wildman–Crippen MR) is 140 cm³/mol. The molecule has 3 aromatic rings. The number of carbonyl (C=O) groups excluding carboxylic acids is 1. The van der Waals surface area contributed by atoms with Crippen molar-refractivity contribution in [2.75, 3.05) is 34.5 Å². The minimum absolute atomic E-state index is 0.176. The average Bonchev–Trinajstić information content (AvgIpc) is 2.91. The SMILES string of the molecule is COc1cc(C(=O)N(Cc2ccc(OCC(=O)O)cc2)CC(C)Cc2ccccc2)cc(OC)c1OC. The highest BCUT2D eigenvalue weighted by molar-refractivity contribution is 5.95. The summed E-state index contributed by atoms with van der Waals surface area (Å²) in [6.45, 7) is 2.57. The molecule has 0 aliphatic carbocycles. The van der Waals surface area contributed by atoms with Crippen LogP contribution in [0.3, 0.4) is 0 Å². The Morgan fingerprint density at radius 1 is 0.865 bits per heavy atom. The molecular weight excluding hydrogens is 474 g/mol. The van der Waals surface area contributed by atoms with Crippen LogP contribution in [0.4, 0.5) is 0 Å². The second kappa shape index (κ2) is 13.2. The number of aliphatic carboxylic acids is 1. The van der Waals surface area contributed by atoms with Crippen LogP contribution in [0.15, 0.2) is 66.7 Å². The largest absolute Gasteiger partial charge is 0.493 e. The molecule has 0 heterocycles. The molecule has 0 saturated carbocycles. The lowest BCUT2D eigenvalue weighted by molar-refractivity contribution is -0.139. The highest BCUT2D eigenvalue weighted by Crippen LogP contribution is 2.38. The van der Waals surface area contributed by atoms with Crippen LogP contribution in [-0.4, -0.2) is 56.4 Å². The number of carboxylic acid groups (broad SMARTS) is 1. The van der Waals surface area contributed by atoms with Gasteiger partial charge >= 0.3 is 5.97 Å². The van der Waals surface area contributed by atoms with Crippen LogP contribution >= 0.6 is 0 Å². The van der Waals surface area contributed by atoms with Crippen LogP contribution in [0.2, 0.25) is 0 Å². The Morgan fingerprint density at radius 2 is 1.49 bits per heavy atom. The molecule has 0 aliphatic heterocycles. The lowest BCUT2D eigenvalue weighted by atomic mass is 10.00. The molecule has 3 rings (SSSR count). The van der Waals surface area contributed by atoms with Gasteiger partial charge in [-0.15, -0.1) is 0 Å². The van der Waals surface area contributed by atoms with E-state index < -0.39 is 12.6 Å². The quantitative estimate of drug-likeness (QED) is 0.358. The number of carboxylic acids is 1. The van der Waals surface area contributed by atoms with E-state index in [2.05, 4.69) is 19.1 Å². The standard InChI is InChI=1S/C29H33NO7/c1-20(14-21-8-6-5-7-9-21)17-30(18-22-10-12-24(13-11-22)37-19-27(31)32)29(33)23-15-25(34-2)28(36-4)26(16-23)35-3/h5-13,15-16,20H,14,17-19H2,1-4H3,(H,31,32). The molecular formula is C29H33NO7. The normalized spacial score (nSPS) is 11.4. The zero-order chi connectivity index (χ0) is 26.8. The maximum Gasteiger partial charge on any atom is 0.341 e. The molecule has 8 nitrogen and oxygen atoms in total. The van der Waals surface area contributed by atoms with Crippen molar-refractivity contribution in [1.82, 2.24) is 4.90 Å². The third-order valence-corrected chi connectivity index (χ3v) is 5.82. The van der Waals surface area contributed by atoms with Gasteiger partial charge in [0.25, 0.3) is 5.91 Å². The van der Waals surface area contributed by atoms with Gasteiger partial charge in [-0.05, 0) is 47.7 Å². The van der Waals surface area contributed by atoms with Gasteiger partial charge in [0.1, 0.15) is 5.75 Å². The van der Waals surface area contributed by atoms with E-state index in [1.54, 1.807) is 29.2 Å². The maximum absolute atomic E-state index is 13.8. The number of nitrogens with zero attached hydrogens (tertiary/aromatic N) is 1. The average molecular weight is 508 g/mol.